The predicted octanol–water partition coefficient (Wildman–Crippen LogP) is 1.83. The van der Waals surface area contributed by atoms with Crippen LogP contribution >= 0.6 is 0 Å². The summed E-state index contributed by atoms with van der Waals surface area (Å²) in [6.45, 7) is 9.16. The molecule has 0 aliphatic carbocycles. The van der Waals surface area contributed by atoms with Gasteiger partial charge in [0, 0.05) is 25.4 Å². The molecule has 0 unspecified atom stereocenters. The maximum absolute atomic E-state index is 12.3. The Morgan fingerprint density at radius 3 is 2.61 bits per heavy atom. The van der Waals surface area contributed by atoms with E-state index in [0.29, 0.717) is 18.7 Å². The van der Waals surface area contributed by atoms with Crippen LogP contribution in [-0.2, 0) is 0 Å². The van der Waals surface area contributed by atoms with E-state index in [4.69, 9.17) is 0 Å². The van der Waals surface area contributed by atoms with Gasteiger partial charge in [-0.3, -0.25) is 4.79 Å². The number of hydrogen-bond donors (Lipinski definition) is 0. The van der Waals surface area contributed by atoms with Crippen molar-refractivity contribution in [1.82, 2.24) is 19.5 Å². The summed E-state index contributed by atoms with van der Waals surface area (Å²) in [6.07, 6.45) is 1.65. The van der Waals surface area contributed by atoms with Crippen molar-refractivity contribution in [2.24, 2.45) is 0 Å². The zero-order chi connectivity index (χ0) is 13.3. The van der Waals surface area contributed by atoms with Gasteiger partial charge in [0.05, 0.1) is 17.0 Å². The van der Waals surface area contributed by atoms with Gasteiger partial charge >= 0.3 is 0 Å². The van der Waals surface area contributed by atoms with Crippen molar-refractivity contribution in [3.05, 3.63) is 29.2 Å². The Labute approximate surface area is 106 Å². The molecule has 2 rings (SSSR count). The summed E-state index contributed by atoms with van der Waals surface area (Å²) in [5.74, 6) is 0.0139. The summed E-state index contributed by atoms with van der Waals surface area (Å²) >= 11 is 0. The van der Waals surface area contributed by atoms with E-state index >= 15 is 0 Å². The number of carbonyl (C=O) groups is 1. The first-order valence-corrected chi connectivity index (χ1v) is 6.19. The molecule has 96 valence electrons. The maximum Gasteiger partial charge on any atom is 0.257 e. The molecule has 0 aliphatic heterocycles. The third kappa shape index (κ3) is 1.96. The molecule has 0 spiro atoms. The summed E-state index contributed by atoms with van der Waals surface area (Å²) < 4.78 is 1.73. The number of amides is 1. The van der Waals surface area contributed by atoms with Gasteiger partial charge in [-0.2, -0.15) is 5.10 Å². The van der Waals surface area contributed by atoms with Gasteiger partial charge in [-0.05, 0) is 27.7 Å². The van der Waals surface area contributed by atoms with Gasteiger partial charge in [0.25, 0.3) is 5.91 Å². The molecule has 5 heteroatoms. The van der Waals surface area contributed by atoms with Crippen molar-refractivity contribution in [1.29, 1.82) is 0 Å². The minimum Gasteiger partial charge on any atom is -0.339 e. The number of nitrogens with zero attached hydrogens (tertiary/aromatic N) is 4. The van der Waals surface area contributed by atoms with E-state index in [-0.39, 0.29) is 5.91 Å². The molecule has 0 aliphatic rings. The summed E-state index contributed by atoms with van der Waals surface area (Å²) in [5, 5.41) is 4.35. The number of carbonyl (C=O) groups excluding carboxylic acids is 1. The molecule has 2 aromatic rings. The Hall–Kier alpha value is -1.91. The van der Waals surface area contributed by atoms with Crippen LogP contribution in [0, 0.1) is 13.8 Å². The van der Waals surface area contributed by atoms with Crippen LogP contribution < -0.4 is 0 Å². The molecule has 0 saturated carbocycles. The average molecular weight is 246 g/mol. The monoisotopic (exact) mass is 246 g/mol. The first kappa shape index (κ1) is 12.5. The second-order valence-electron chi connectivity index (χ2n) is 4.29. The van der Waals surface area contributed by atoms with Crippen molar-refractivity contribution in [3.63, 3.8) is 0 Å². The minimum absolute atomic E-state index is 0.0139. The Morgan fingerprint density at radius 1 is 1.33 bits per heavy atom. The fraction of sp³-hybridized carbons (Fsp3) is 0.462. The molecule has 18 heavy (non-hydrogen) atoms. The first-order chi connectivity index (χ1) is 8.58. The van der Waals surface area contributed by atoms with E-state index in [1.165, 1.54) is 0 Å². The molecule has 0 aromatic carbocycles. The second-order valence-corrected chi connectivity index (χ2v) is 4.29. The molecule has 0 fully saturated rings. The quantitative estimate of drug-likeness (QED) is 0.830. The van der Waals surface area contributed by atoms with Crippen LogP contribution in [0.4, 0.5) is 0 Å². The van der Waals surface area contributed by atoms with Crippen molar-refractivity contribution < 1.29 is 4.79 Å². The normalized spacial score (nSPS) is 10.9. The molecule has 2 aromatic heterocycles. The smallest absolute Gasteiger partial charge is 0.257 e. The number of aromatic nitrogens is 3. The maximum atomic E-state index is 12.3. The molecule has 0 bridgehead atoms. The van der Waals surface area contributed by atoms with Crippen LogP contribution in [-0.4, -0.2) is 38.5 Å². The molecule has 0 atom stereocenters. The van der Waals surface area contributed by atoms with Gasteiger partial charge in [-0.15, -0.1) is 0 Å². The molecule has 0 saturated heterocycles. The Bertz CT molecular complexity index is 584. The lowest BCUT2D eigenvalue weighted by Gasteiger charge is -2.19. The highest BCUT2D eigenvalue weighted by atomic mass is 16.2. The zero-order valence-electron chi connectivity index (χ0n) is 11.3. The highest BCUT2D eigenvalue weighted by Gasteiger charge is 2.17. The molecule has 5 nitrogen and oxygen atoms in total. The third-order valence-corrected chi connectivity index (χ3v) is 3.13. The van der Waals surface area contributed by atoms with Crippen molar-refractivity contribution in [2.75, 3.05) is 13.1 Å². The fourth-order valence-corrected chi connectivity index (χ4v) is 2.05. The highest BCUT2D eigenvalue weighted by Crippen LogP contribution is 2.13. The standard InChI is InChI=1S/C13H18N4O/c1-5-16(6-2)13(18)11-8-14-12-7-9(3)15-17(12)10(11)4/h7-8H,5-6H2,1-4H3. The SMILES string of the molecule is CCN(CC)C(=O)c1cnc2cc(C)nn2c1C. The van der Waals surface area contributed by atoms with Crippen LogP contribution in [0.15, 0.2) is 12.3 Å². The Kier molecular flexibility index (Phi) is 3.32. The largest absolute Gasteiger partial charge is 0.339 e. The van der Waals surface area contributed by atoms with E-state index < -0.39 is 0 Å². The highest BCUT2D eigenvalue weighted by molar-refractivity contribution is 5.95. The van der Waals surface area contributed by atoms with Crippen molar-refractivity contribution >= 4 is 11.6 Å². The number of rotatable bonds is 3. The van der Waals surface area contributed by atoms with E-state index in [1.54, 1.807) is 15.6 Å². The fourth-order valence-electron chi connectivity index (χ4n) is 2.05. The topological polar surface area (TPSA) is 50.5 Å². The van der Waals surface area contributed by atoms with Gasteiger partial charge in [-0.25, -0.2) is 9.50 Å². The second kappa shape index (κ2) is 4.76. The lowest BCUT2D eigenvalue weighted by molar-refractivity contribution is 0.0771. The Morgan fingerprint density at radius 2 is 2.00 bits per heavy atom. The average Bonchev–Trinajstić information content (AvgIpc) is 2.72. The summed E-state index contributed by atoms with van der Waals surface area (Å²) in [7, 11) is 0. The predicted molar refractivity (Wildman–Crippen MR) is 69.7 cm³/mol. The van der Waals surface area contributed by atoms with E-state index in [1.807, 2.05) is 33.8 Å². The number of fused-ring (bicyclic) bond motifs is 1. The summed E-state index contributed by atoms with van der Waals surface area (Å²) in [6, 6.07) is 1.90. The Balaban J connectivity index is 2.51. The number of hydrogen-bond acceptors (Lipinski definition) is 3. The van der Waals surface area contributed by atoms with E-state index in [0.717, 1.165) is 17.0 Å². The van der Waals surface area contributed by atoms with Gasteiger partial charge in [-0.1, -0.05) is 0 Å². The summed E-state index contributed by atoms with van der Waals surface area (Å²) in [5.41, 5.74) is 3.14. The van der Waals surface area contributed by atoms with Gasteiger partial charge in [0.15, 0.2) is 5.65 Å². The number of aryl methyl sites for hydroxylation is 2. The summed E-state index contributed by atoms with van der Waals surface area (Å²) in [4.78, 5) is 18.4. The van der Waals surface area contributed by atoms with Gasteiger partial charge < -0.3 is 4.90 Å². The lowest BCUT2D eigenvalue weighted by atomic mass is 10.2. The van der Waals surface area contributed by atoms with Crippen LogP contribution in [0.3, 0.4) is 0 Å². The van der Waals surface area contributed by atoms with Gasteiger partial charge in [0.1, 0.15) is 0 Å². The van der Waals surface area contributed by atoms with Crippen molar-refractivity contribution in [2.45, 2.75) is 27.7 Å². The molecule has 2 heterocycles. The van der Waals surface area contributed by atoms with Crippen LogP contribution in [0.2, 0.25) is 0 Å². The van der Waals surface area contributed by atoms with E-state index in [2.05, 4.69) is 10.1 Å². The molecular weight excluding hydrogens is 228 g/mol. The van der Waals surface area contributed by atoms with Gasteiger partial charge in [0.2, 0.25) is 0 Å². The lowest BCUT2D eigenvalue weighted by Crippen LogP contribution is -2.31. The molecule has 1 amide bonds. The molecule has 0 radical (unpaired) electrons. The van der Waals surface area contributed by atoms with Crippen LogP contribution in [0.25, 0.3) is 5.65 Å². The zero-order valence-corrected chi connectivity index (χ0v) is 11.3. The molecular formula is C13H18N4O. The first-order valence-electron chi connectivity index (χ1n) is 6.19. The van der Waals surface area contributed by atoms with E-state index in [9.17, 15) is 4.79 Å². The third-order valence-electron chi connectivity index (χ3n) is 3.13. The minimum atomic E-state index is 0.0139. The van der Waals surface area contributed by atoms with Crippen LogP contribution in [0.5, 0.6) is 0 Å². The van der Waals surface area contributed by atoms with Crippen LogP contribution in [0.1, 0.15) is 35.6 Å². The molecule has 0 N–H and O–H groups in total. The van der Waals surface area contributed by atoms with Crippen molar-refractivity contribution in [3.8, 4) is 0 Å².